The Balaban J connectivity index is 1.79. The van der Waals surface area contributed by atoms with Crippen LogP contribution in [0.25, 0.3) is 11.2 Å². The van der Waals surface area contributed by atoms with Crippen molar-refractivity contribution in [3.05, 3.63) is 17.0 Å². The number of rotatable bonds is 2. The van der Waals surface area contributed by atoms with Gasteiger partial charge in [0, 0.05) is 24.3 Å². The van der Waals surface area contributed by atoms with E-state index in [-0.39, 0.29) is 12.0 Å². The second kappa shape index (κ2) is 4.83. The summed E-state index contributed by atoms with van der Waals surface area (Å²) in [5.41, 5.74) is 3.91. The summed E-state index contributed by atoms with van der Waals surface area (Å²) in [6.07, 6.45) is 5.81. The number of hydrogen-bond donors (Lipinski definition) is 2. The minimum absolute atomic E-state index is 0.00848. The first-order valence-corrected chi connectivity index (χ1v) is 8.31. The number of aromatic nitrogens is 3. The van der Waals surface area contributed by atoms with E-state index in [0.29, 0.717) is 17.2 Å². The van der Waals surface area contributed by atoms with Gasteiger partial charge in [0.15, 0.2) is 5.65 Å². The molecule has 4 rings (SSSR count). The smallest absolute Gasteiger partial charge is 0.163 e. The van der Waals surface area contributed by atoms with Gasteiger partial charge in [-0.05, 0) is 38.0 Å². The minimum Gasteiger partial charge on any atom is -0.396 e. The Morgan fingerprint density at radius 3 is 3.09 bits per heavy atom. The first-order chi connectivity index (χ1) is 10.5. The highest BCUT2D eigenvalue weighted by molar-refractivity contribution is 6.31. The highest BCUT2D eigenvalue weighted by Crippen LogP contribution is 2.45. The van der Waals surface area contributed by atoms with Gasteiger partial charge >= 0.3 is 0 Å². The lowest BCUT2D eigenvalue weighted by Gasteiger charge is -2.21. The van der Waals surface area contributed by atoms with Gasteiger partial charge in [0.1, 0.15) is 10.7 Å². The summed E-state index contributed by atoms with van der Waals surface area (Å²) in [5.74, 6) is 0. The number of nitrogens with one attached hydrogen (secondary N) is 1. The maximum Gasteiger partial charge on any atom is 0.163 e. The molecule has 3 atom stereocenters. The monoisotopic (exact) mass is 320 g/mol. The van der Waals surface area contributed by atoms with Crippen molar-refractivity contribution in [1.29, 1.82) is 0 Å². The van der Waals surface area contributed by atoms with Crippen LogP contribution in [0.1, 0.15) is 44.7 Å². The zero-order valence-electron chi connectivity index (χ0n) is 12.9. The van der Waals surface area contributed by atoms with Crippen molar-refractivity contribution in [3.63, 3.8) is 0 Å². The molecule has 0 saturated heterocycles. The first-order valence-electron chi connectivity index (χ1n) is 7.93. The summed E-state index contributed by atoms with van der Waals surface area (Å²) in [6.45, 7) is 4.52. The Kier molecular flexibility index (Phi) is 3.13. The molecule has 0 amide bonds. The molecular formula is C16H21ClN4O. The van der Waals surface area contributed by atoms with Crippen LogP contribution in [0, 0.1) is 5.41 Å². The molecule has 2 aliphatic rings. The molecule has 6 heteroatoms. The van der Waals surface area contributed by atoms with E-state index < -0.39 is 0 Å². The fourth-order valence-corrected chi connectivity index (χ4v) is 4.18. The highest BCUT2D eigenvalue weighted by Gasteiger charge is 2.36. The zero-order chi connectivity index (χ0) is 15.5. The van der Waals surface area contributed by atoms with Crippen LogP contribution in [0.3, 0.4) is 0 Å². The van der Waals surface area contributed by atoms with Crippen molar-refractivity contribution < 1.29 is 5.11 Å². The number of pyridine rings is 1. The predicted octanol–water partition coefficient (Wildman–Crippen LogP) is 3.16. The van der Waals surface area contributed by atoms with Crippen molar-refractivity contribution in [2.24, 2.45) is 5.41 Å². The lowest BCUT2D eigenvalue weighted by Crippen LogP contribution is -2.17. The average molecular weight is 321 g/mol. The molecule has 1 aliphatic heterocycles. The van der Waals surface area contributed by atoms with E-state index in [1.54, 1.807) is 0 Å². The first kappa shape index (κ1) is 14.3. The summed E-state index contributed by atoms with van der Waals surface area (Å²) in [4.78, 5) is 9.22. The summed E-state index contributed by atoms with van der Waals surface area (Å²) >= 11 is 6.40. The molecule has 0 radical (unpaired) electrons. The third kappa shape index (κ3) is 2.02. The van der Waals surface area contributed by atoms with E-state index in [4.69, 9.17) is 11.6 Å². The summed E-state index contributed by atoms with van der Waals surface area (Å²) in [5, 5.41) is 13.6. The van der Waals surface area contributed by atoms with Crippen molar-refractivity contribution in [1.82, 2.24) is 14.5 Å². The summed E-state index contributed by atoms with van der Waals surface area (Å²) in [6, 6.07) is 0.705. The number of aliphatic hydroxyl groups excluding tert-OH is 1. The second-order valence-electron chi connectivity index (χ2n) is 7.20. The average Bonchev–Trinajstić information content (AvgIpc) is 3.16. The molecule has 5 nitrogen and oxygen atoms in total. The number of halogens is 1. The van der Waals surface area contributed by atoms with Gasteiger partial charge in [0.2, 0.25) is 0 Å². The molecule has 3 unspecified atom stereocenters. The molecule has 22 heavy (non-hydrogen) atoms. The van der Waals surface area contributed by atoms with E-state index in [1.165, 1.54) is 0 Å². The van der Waals surface area contributed by atoms with E-state index in [1.807, 2.05) is 6.33 Å². The normalized spacial score (nSPS) is 30.7. The molecule has 2 N–H and O–H groups in total. The molecule has 0 spiro atoms. The Labute approximate surface area is 134 Å². The van der Waals surface area contributed by atoms with E-state index in [9.17, 15) is 5.11 Å². The summed E-state index contributed by atoms with van der Waals surface area (Å²) < 4.78 is 2.15. The fourth-order valence-electron chi connectivity index (χ4n) is 3.93. The van der Waals surface area contributed by atoms with Crippen molar-refractivity contribution >= 4 is 28.5 Å². The molecule has 1 saturated carbocycles. The quantitative estimate of drug-likeness (QED) is 0.834. The van der Waals surface area contributed by atoms with E-state index >= 15 is 0 Å². The van der Waals surface area contributed by atoms with Gasteiger partial charge < -0.3 is 15.0 Å². The standard InChI is InChI=1S/C16H21ClN4O/c1-9-5-11-12(19-9)13-15(20-14(11)17)21(8-18-13)10-3-4-16(2,6-10)7-22/h8-10,19,22H,3-7H2,1-2H3. The zero-order valence-corrected chi connectivity index (χ0v) is 13.7. The third-order valence-electron chi connectivity index (χ3n) is 5.24. The van der Waals surface area contributed by atoms with Gasteiger partial charge in [-0.15, -0.1) is 0 Å². The van der Waals surface area contributed by atoms with Gasteiger partial charge in [-0.2, -0.15) is 0 Å². The Hall–Kier alpha value is -1.33. The van der Waals surface area contributed by atoms with Crippen LogP contribution in [0.5, 0.6) is 0 Å². The fraction of sp³-hybridized carbons (Fsp3) is 0.625. The topological polar surface area (TPSA) is 63.0 Å². The number of fused-ring (bicyclic) bond motifs is 3. The van der Waals surface area contributed by atoms with Crippen molar-refractivity contribution in [3.8, 4) is 0 Å². The van der Waals surface area contributed by atoms with Gasteiger partial charge in [-0.3, -0.25) is 0 Å². The van der Waals surface area contributed by atoms with Crippen LogP contribution in [-0.4, -0.2) is 32.3 Å². The van der Waals surface area contributed by atoms with Crippen LogP contribution in [-0.2, 0) is 6.42 Å². The largest absolute Gasteiger partial charge is 0.396 e. The van der Waals surface area contributed by atoms with Crippen LogP contribution < -0.4 is 5.32 Å². The van der Waals surface area contributed by atoms with Gasteiger partial charge in [0.05, 0.1) is 12.0 Å². The number of nitrogens with zero attached hydrogens (tertiary/aromatic N) is 3. The second-order valence-corrected chi connectivity index (χ2v) is 7.55. The van der Waals surface area contributed by atoms with Crippen LogP contribution in [0.4, 0.5) is 5.69 Å². The molecule has 2 aromatic rings. The highest BCUT2D eigenvalue weighted by atomic mass is 35.5. The number of anilines is 1. The minimum atomic E-state index is 0.00848. The third-order valence-corrected chi connectivity index (χ3v) is 5.56. The molecular weight excluding hydrogens is 300 g/mol. The molecule has 1 fully saturated rings. The van der Waals surface area contributed by atoms with Crippen molar-refractivity contribution in [2.75, 3.05) is 11.9 Å². The molecule has 118 valence electrons. The maximum absolute atomic E-state index is 9.58. The van der Waals surface area contributed by atoms with Crippen LogP contribution >= 0.6 is 11.6 Å². The number of aliphatic hydroxyl groups is 1. The SMILES string of the molecule is CC1Cc2c(Cl)nc3c(ncn3C3CCC(C)(CO)C3)c2N1. The molecule has 0 aromatic carbocycles. The van der Waals surface area contributed by atoms with Gasteiger partial charge in [0.25, 0.3) is 0 Å². The number of imidazole rings is 1. The molecule has 1 aliphatic carbocycles. The lowest BCUT2D eigenvalue weighted by atomic mass is 9.90. The van der Waals surface area contributed by atoms with Crippen LogP contribution in [0.2, 0.25) is 5.15 Å². The molecule has 0 bridgehead atoms. The Bertz CT molecular complexity index is 743. The molecule has 3 heterocycles. The van der Waals surface area contributed by atoms with Crippen LogP contribution in [0.15, 0.2) is 6.33 Å². The van der Waals surface area contributed by atoms with Gasteiger partial charge in [-0.1, -0.05) is 18.5 Å². The van der Waals surface area contributed by atoms with Crippen molar-refractivity contribution in [2.45, 2.75) is 51.6 Å². The summed E-state index contributed by atoms with van der Waals surface area (Å²) in [7, 11) is 0. The van der Waals surface area contributed by atoms with E-state index in [0.717, 1.165) is 48.1 Å². The van der Waals surface area contributed by atoms with Gasteiger partial charge in [-0.25, -0.2) is 9.97 Å². The van der Waals surface area contributed by atoms with E-state index in [2.05, 4.69) is 33.7 Å². The lowest BCUT2D eigenvalue weighted by molar-refractivity contribution is 0.144. The molecule has 2 aromatic heterocycles. The maximum atomic E-state index is 9.58. The predicted molar refractivity (Wildman–Crippen MR) is 87.4 cm³/mol. The Morgan fingerprint density at radius 1 is 1.55 bits per heavy atom. The Morgan fingerprint density at radius 2 is 2.36 bits per heavy atom. The number of hydrogen-bond acceptors (Lipinski definition) is 4.